The van der Waals surface area contributed by atoms with Crippen molar-refractivity contribution in [2.24, 2.45) is 11.7 Å². The number of piperidine rings is 1. The number of carbonyl (C=O) groups excluding carboxylic acids is 2. The minimum Gasteiger partial charge on any atom is -0.355 e. The average molecular weight is 311 g/mol. The molecule has 1 saturated heterocycles. The molecule has 0 aromatic heterocycles. The Bertz CT molecular complexity index is 545. The van der Waals surface area contributed by atoms with Crippen molar-refractivity contribution in [1.82, 2.24) is 10.2 Å². The molecular formula is C15H19F2N3O2. The fourth-order valence-electron chi connectivity index (χ4n) is 2.58. The van der Waals surface area contributed by atoms with Gasteiger partial charge in [-0.3, -0.25) is 9.59 Å². The molecule has 1 unspecified atom stereocenters. The average Bonchev–Trinajstić information content (AvgIpc) is 2.51. The van der Waals surface area contributed by atoms with Crippen LogP contribution in [-0.4, -0.2) is 42.9 Å². The third-order valence-corrected chi connectivity index (χ3v) is 3.63. The molecule has 0 aliphatic carbocycles. The second-order valence-corrected chi connectivity index (χ2v) is 5.33. The lowest BCUT2D eigenvalue weighted by Crippen LogP contribution is -2.46. The number of halogens is 2. The Morgan fingerprint density at radius 2 is 1.95 bits per heavy atom. The first-order valence-electron chi connectivity index (χ1n) is 7.24. The summed E-state index contributed by atoms with van der Waals surface area (Å²) in [5, 5.41) is 2.70. The molecule has 3 N–H and O–H groups in total. The first-order valence-corrected chi connectivity index (χ1v) is 7.24. The first kappa shape index (κ1) is 16.4. The molecule has 120 valence electrons. The fraction of sp³-hybridized carbons (Fsp3) is 0.467. The summed E-state index contributed by atoms with van der Waals surface area (Å²) in [5.41, 5.74) is 5.29. The maximum Gasteiger partial charge on any atom is 0.254 e. The van der Waals surface area contributed by atoms with E-state index in [1.165, 1.54) is 4.90 Å². The van der Waals surface area contributed by atoms with Crippen molar-refractivity contribution in [3.8, 4) is 0 Å². The third kappa shape index (κ3) is 4.00. The molecule has 1 atom stereocenters. The zero-order chi connectivity index (χ0) is 16.1. The van der Waals surface area contributed by atoms with Gasteiger partial charge in [-0.05, 0) is 25.0 Å². The lowest BCUT2D eigenvalue weighted by atomic mass is 9.96. The van der Waals surface area contributed by atoms with E-state index >= 15 is 0 Å². The van der Waals surface area contributed by atoms with E-state index in [-0.39, 0.29) is 23.9 Å². The monoisotopic (exact) mass is 311 g/mol. The number of carbonyl (C=O) groups is 2. The van der Waals surface area contributed by atoms with Crippen LogP contribution in [0.5, 0.6) is 0 Å². The summed E-state index contributed by atoms with van der Waals surface area (Å²) >= 11 is 0. The van der Waals surface area contributed by atoms with Gasteiger partial charge in [0.05, 0.1) is 5.92 Å². The lowest BCUT2D eigenvalue weighted by Gasteiger charge is -2.32. The second-order valence-electron chi connectivity index (χ2n) is 5.33. The Labute approximate surface area is 127 Å². The minimum atomic E-state index is -0.794. The van der Waals surface area contributed by atoms with Crippen molar-refractivity contribution in [3.63, 3.8) is 0 Å². The Kier molecular flexibility index (Phi) is 5.43. The van der Waals surface area contributed by atoms with Gasteiger partial charge in [0.2, 0.25) is 5.91 Å². The zero-order valence-electron chi connectivity index (χ0n) is 12.1. The zero-order valence-corrected chi connectivity index (χ0v) is 12.1. The molecule has 22 heavy (non-hydrogen) atoms. The van der Waals surface area contributed by atoms with Crippen LogP contribution in [0, 0.1) is 17.6 Å². The van der Waals surface area contributed by atoms with Gasteiger partial charge in [-0.15, -0.1) is 0 Å². The van der Waals surface area contributed by atoms with E-state index in [1.54, 1.807) is 0 Å². The maximum absolute atomic E-state index is 13.2. The van der Waals surface area contributed by atoms with Crippen LogP contribution in [0.3, 0.4) is 0 Å². The number of benzene rings is 1. The van der Waals surface area contributed by atoms with E-state index in [4.69, 9.17) is 5.73 Å². The minimum absolute atomic E-state index is 0.0412. The summed E-state index contributed by atoms with van der Waals surface area (Å²) in [6.45, 7) is 1.45. The predicted molar refractivity (Wildman–Crippen MR) is 77.0 cm³/mol. The van der Waals surface area contributed by atoms with Crippen LogP contribution in [-0.2, 0) is 4.79 Å². The maximum atomic E-state index is 13.2. The van der Waals surface area contributed by atoms with Crippen LogP contribution >= 0.6 is 0 Å². The van der Waals surface area contributed by atoms with Crippen LogP contribution in [0.15, 0.2) is 18.2 Å². The highest BCUT2D eigenvalue weighted by molar-refractivity contribution is 5.94. The predicted octanol–water partition coefficient (Wildman–Crippen LogP) is 0.892. The largest absolute Gasteiger partial charge is 0.355 e. The summed E-state index contributed by atoms with van der Waals surface area (Å²) in [7, 11) is 0. The smallest absolute Gasteiger partial charge is 0.254 e. The van der Waals surface area contributed by atoms with E-state index in [1.807, 2.05) is 0 Å². The van der Waals surface area contributed by atoms with Gasteiger partial charge >= 0.3 is 0 Å². The molecule has 1 aliphatic rings. The Morgan fingerprint density at radius 3 is 2.59 bits per heavy atom. The van der Waals surface area contributed by atoms with Crippen molar-refractivity contribution in [2.75, 3.05) is 26.2 Å². The van der Waals surface area contributed by atoms with Crippen molar-refractivity contribution < 1.29 is 18.4 Å². The van der Waals surface area contributed by atoms with Crippen molar-refractivity contribution in [3.05, 3.63) is 35.4 Å². The molecular weight excluding hydrogens is 292 g/mol. The normalized spacial score (nSPS) is 18.1. The van der Waals surface area contributed by atoms with Crippen LogP contribution in [0.4, 0.5) is 8.78 Å². The SMILES string of the molecule is NCCNC(=O)C1CCCN(C(=O)c2cc(F)cc(F)c2)C1. The van der Waals surface area contributed by atoms with E-state index < -0.39 is 17.5 Å². The molecule has 1 aromatic carbocycles. The molecule has 5 nitrogen and oxygen atoms in total. The van der Waals surface area contributed by atoms with E-state index in [0.717, 1.165) is 18.2 Å². The Morgan fingerprint density at radius 1 is 1.27 bits per heavy atom. The number of hydrogen-bond acceptors (Lipinski definition) is 3. The third-order valence-electron chi connectivity index (χ3n) is 3.63. The van der Waals surface area contributed by atoms with Crippen LogP contribution in [0.25, 0.3) is 0 Å². The van der Waals surface area contributed by atoms with E-state index in [2.05, 4.69) is 5.32 Å². The highest BCUT2D eigenvalue weighted by Gasteiger charge is 2.29. The molecule has 1 aromatic rings. The van der Waals surface area contributed by atoms with E-state index in [0.29, 0.717) is 32.5 Å². The molecule has 0 bridgehead atoms. The topological polar surface area (TPSA) is 75.4 Å². The Balaban J connectivity index is 2.05. The molecule has 1 heterocycles. The number of rotatable bonds is 4. The van der Waals surface area contributed by atoms with Gasteiger partial charge in [-0.25, -0.2) is 8.78 Å². The standard InChI is InChI=1S/C15H19F2N3O2/c16-12-6-11(7-13(17)8-12)15(22)20-5-1-2-10(9-20)14(21)19-4-3-18/h6-8,10H,1-5,9,18H2,(H,19,21). The van der Waals surface area contributed by atoms with Gasteiger partial charge in [0.15, 0.2) is 0 Å². The lowest BCUT2D eigenvalue weighted by molar-refractivity contribution is -0.126. The number of likely N-dealkylation sites (tertiary alicyclic amines) is 1. The molecule has 0 saturated carbocycles. The molecule has 1 fully saturated rings. The van der Waals surface area contributed by atoms with Gasteiger partial charge in [0.25, 0.3) is 5.91 Å². The highest BCUT2D eigenvalue weighted by atomic mass is 19.1. The quantitative estimate of drug-likeness (QED) is 0.867. The number of nitrogens with one attached hydrogen (secondary N) is 1. The van der Waals surface area contributed by atoms with Crippen molar-refractivity contribution in [1.29, 1.82) is 0 Å². The number of amides is 2. The Hall–Kier alpha value is -2.02. The fourth-order valence-corrected chi connectivity index (χ4v) is 2.58. The van der Waals surface area contributed by atoms with Crippen LogP contribution in [0.2, 0.25) is 0 Å². The molecule has 2 rings (SSSR count). The highest BCUT2D eigenvalue weighted by Crippen LogP contribution is 2.19. The van der Waals surface area contributed by atoms with Crippen molar-refractivity contribution >= 4 is 11.8 Å². The summed E-state index contributed by atoms with van der Waals surface area (Å²) in [6.07, 6.45) is 1.35. The van der Waals surface area contributed by atoms with Gasteiger partial charge < -0.3 is 16.0 Å². The number of nitrogens with two attached hydrogens (primary N) is 1. The van der Waals surface area contributed by atoms with E-state index in [9.17, 15) is 18.4 Å². The number of nitrogens with zero attached hydrogens (tertiary/aromatic N) is 1. The molecule has 7 heteroatoms. The summed E-state index contributed by atoms with van der Waals surface area (Å²) < 4.78 is 26.4. The summed E-state index contributed by atoms with van der Waals surface area (Å²) in [4.78, 5) is 25.7. The first-order chi connectivity index (χ1) is 10.5. The van der Waals surface area contributed by atoms with Gasteiger partial charge in [-0.2, -0.15) is 0 Å². The van der Waals surface area contributed by atoms with Gasteiger partial charge in [-0.1, -0.05) is 0 Å². The van der Waals surface area contributed by atoms with Gasteiger partial charge in [0.1, 0.15) is 11.6 Å². The van der Waals surface area contributed by atoms with Crippen molar-refractivity contribution in [2.45, 2.75) is 12.8 Å². The summed E-state index contributed by atoms with van der Waals surface area (Å²) in [6, 6.07) is 2.73. The number of hydrogen-bond donors (Lipinski definition) is 2. The second kappa shape index (κ2) is 7.31. The van der Waals surface area contributed by atoms with Gasteiger partial charge in [0, 0.05) is 37.8 Å². The molecule has 0 spiro atoms. The van der Waals surface area contributed by atoms with Crippen LogP contribution in [0.1, 0.15) is 23.2 Å². The molecule has 0 radical (unpaired) electrons. The van der Waals surface area contributed by atoms with Crippen LogP contribution < -0.4 is 11.1 Å². The molecule has 1 aliphatic heterocycles. The summed E-state index contributed by atoms with van der Waals surface area (Å²) in [5.74, 6) is -2.51. The molecule has 2 amide bonds.